The molecule has 0 N–H and O–H groups in total. The van der Waals surface area contributed by atoms with Crippen molar-refractivity contribution >= 4 is 71.1 Å². The van der Waals surface area contributed by atoms with E-state index in [0.717, 1.165) is 83.2 Å². The Labute approximate surface area is 391 Å². The molecule has 67 heavy (non-hydrogen) atoms. The van der Waals surface area contributed by atoms with E-state index in [1.54, 1.807) is 0 Å². The highest BCUT2D eigenvalue weighted by molar-refractivity contribution is 6.12. The summed E-state index contributed by atoms with van der Waals surface area (Å²) in [5, 5.41) is 4.33. The predicted octanol–water partition coefficient (Wildman–Crippen LogP) is 14.7. The van der Waals surface area contributed by atoms with Crippen LogP contribution in [-0.2, 0) is 17.9 Å². The molecule has 0 unspecified atom stereocenters. The van der Waals surface area contributed by atoms with Crippen LogP contribution in [0.15, 0.2) is 135 Å². The highest BCUT2D eigenvalue weighted by Gasteiger charge is 2.34. The fourth-order valence-corrected chi connectivity index (χ4v) is 10.8. The van der Waals surface area contributed by atoms with Gasteiger partial charge in [0, 0.05) is 43.4 Å². The summed E-state index contributed by atoms with van der Waals surface area (Å²) in [4.78, 5) is 29.7. The van der Waals surface area contributed by atoms with Crippen LogP contribution in [0.25, 0.3) is 99.3 Å². The van der Waals surface area contributed by atoms with Gasteiger partial charge in [0.1, 0.15) is 16.8 Å². The summed E-state index contributed by atoms with van der Waals surface area (Å²) in [6.07, 6.45) is 0. The summed E-state index contributed by atoms with van der Waals surface area (Å²) in [6, 6.07) is 42.5. The molecule has 0 aliphatic heterocycles. The van der Waals surface area contributed by atoms with E-state index in [4.69, 9.17) is 4.42 Å². The number of benzene rings is 7. The minimum Gasteiger partial charge on any atom is -0.455 e. The van der Waals surface area contributed by atoms with Crippen molar-refractivity contribution < 1.29 is 8.98 Å². The van der Waals surface area contributed by atoms with Gasteiger partial charge in [-0.05, 0) is 118 Å². The van der Waals surface area contributed by atoms with E-state index in [-0.39, 0.29) is 21.7 Å². The van der Waals surface area contributed by atoms with Crippen molar-refractivity contribution in [2.75, 3.05) is 0 Å². The molecule has 0 fully saturated rings. The molecular weight excluding hydrogens is 823 g/mol. The first-order valence-corrected chi connectivity index (χ1v) is 23.8. The van der Waals surface area contributed by atoms with Crippen molar-refractivity contribution in [3.05, 3.63) is 170 Å². The molecule has 0 amide bonds. The number of aryl methyl sites for hydroxylation is 2. The van der Waals surface area contributed by atoms with Crippen molar-refractivity contribution in [3.63, 3.8) is 0 Å². The largest absolute Gasteiger partial charge is 0.455 e. The molecule has 6 heteroatoms. The number of rotatable bonds is 5. The van der Waals surface area contributed by atoms with Gasteiger partial charge in [0.15, 0.2) is 27.5 Å². The molecule has 0 atom stereocenters. The first-order valence-electron chi connectivity index (χ1n) is 23.8. The zero-order valence-corrected chi connectivity index (χ0v) is 40.8. The minimum atomic E-state index is -0.145. The molecule has 4 aromatic heterocycles. The van der Waals surface area contributed by atoms with Crippen LogP contribution in [0.5, 0.6) is 0 Å². The number of imidazole rings is 1. The molecule has 0 radical (unpaired) electrons. The number of fused-ring (bicyclic) bond motifs is 8. The van der Waals surface area contributed by atoms with Crippen molar-refractivity contribution in [3.8, 4) is 28.2 Å². The van der Waals surface area contributed by atoms with Gasteiger partial charge >= 0.3 is 0 Å². The van der Waals surface area contributed by atoms with Crippen LogP contribution < -0.4 is 15.4 Å². The van der Waals surface area contributed by atoms with Crippen LogP contribution in [0.3, 0.4) is 0 Å². The molecule has 0 aliphatic carbocycles. The summed E-state index contributed by atoms with van der Waals surface area (Å²) >= 11 is 0. The second-order valence-electron chi connectivity index (χ2n) is 21.6. The van der Waals surface area contributed by atoms with Gasteiger partial charge in [0.05, 0.1) is 23.6 Å². The molecule has 334 valence electrons. The van der Waals surface area contributed by atoms with Crippen LogP contribution in [0.4, 0.5) is 0 Å². The maximum absolute atomic E-state index is 14.8. The second-order valence-corrected chi connectivity index (χ2v) is 21.6. The van der Waals surface area contributed by atoms with E-state index in [1.165, 1.54) is 16.8 Å². The number of hydrogen-bond acceptors (Lipinski definition) is 3. The monoisotopic (exact) mass is 880 g/mol. The summed E-state index contributed by atoms with van der Waals surface area (Å²) < 4.78 is 14.1. The molecule has 0 spiro atoms. The van der Waals surface area contributed by atoms with E-state index < -0.39 is 0 Å². The van der Waals surface area contributed by atoms with E-state index in [2.05, 4.69) is 194 Å². The normalized spacial score (nSPS) is 12.9. The van der Waals surface area contributed by atoms with Gasteiger partial charge < -0.3 is 8.82 Å². The maximum Gasteiger partial charge on any atom is 0.299 e. The summed E-state index contributed by atoms with van der Waals surface area (Å²) in [6.45, 7) is 24.4. The molecule has 11 aromatic rings. The standard InChI is InChI=1S/C61H58N3O3/c1-33(2)40-16-15-17-41(34(3)4)54(40)64-49-19-14-13-18-48(49)62(12)59(64)53-35(5)20-24-43-42-25-21-36(30-52(42)67-58(43)53)37-28-46-55-47(29-37)57(66)45-27-23-39(61(9,10)11)32-51(45)63(55)50-31-38(60(6,7)8)22-26-44(50)56(46)65/h13-34H,1-12H3/q+1. The maximum atomic E-state index is 14.8. The number of para-hydroxylation sites is 3. The number of aromatic nitrogens is 3. The number of furan rings is 1. The van der Waals surface area contributed by atoms with E-state index in [1.807, 2.05) is 24.3 Å². The first kappa shape index (κ1) is 42.6. The Hall–Kier alpha value is -7.05. The SMILES string of the molecule is Cc1ccc2c(oc3cc(-c4cc5c(=O)c6ccc(C(C)(C)C)cc6n6c7cc(C(C)(C)C)ccc7c(=O)c(c4)c56)ccc32)c1-c1n(-c2c(C(C)C)cccc2C(C)C)c2ccccc2[n+]1C. The lowest BCUT2D eigenvalue weighted by Gasteiger charge is -2.23. The van der Waals surface area contributed by atoms with Gasteiger partial charge in [0.25, 0.3) is 5.82 Å². The Morgan fingerprint density at radius 3 is 1.67 bits per heavy atom. The molecule has 0 saturated carbocycles. The van der Waals surface area contributed by atoms with Crippen LogP contribution in [0, 0.1) is 6.92 Å². The molecule has 7 aromatic carbocycles. The fraction of sp³-hybridized carbons (Fsp3) is 0.262. The lowest BCUT2D eigenvalue weighted by molar-refractivity contribution is -0.633. The van der Waals surface area contributed by atoms with E-state index in [0.29, 0.717) is 38.9 Å². The van der Waals surface area contributed by atoms with Gasteiger partial charge in [-0.15, -0.1) is 0 Å². The van der Waals surface area contributed by atoms with Gasteiger partial charge in [-0.1, -0.05) is 130 Å². The average Bonchev–Trinajstić information content (AvgIpc) is 3.81. The Morgan fingerprint density at radius 1 is 0.552 bits per heavy atom. The predicted molar refractivity (Wildman–Crippen MR) is 280 cm³/mol. The molecule has 11 rings (SSSR count). The summed E-state index contributed by atoms with van der Waals surface area (Å²) in [5.74, 6) is 1.65. The van der Waals surface area contributed by atoms with Gasteiger partial charge in [0.2, 0.25) is 0 Å². The highest BCUT2D eigenvalue weighted by atomic mass is 16.3. The minimum absolute atomic E-state index is 0.0825. The Balaban J connectivity index is 1.18. The molecule has 0 saturated heterocycles. The molecule has 4 heterocycles. The van der Waals surface area contributed by atoms with Crippen molar-refractivity contribution in [1.29, 1.82) is 0 Å². The first-order chi connectivity index (χ1) is 31.8. The quantitative estimate of drug-likeness (QED) is 0.0983. The Bertz CT molecular complexity index is 3870. The third-order valence-electron chi connectivity index (χ3n) is 14.5. The van der Waals surface area contributed by atoms with E-state index in [9.17, 15) is 9.59 Å². The van der Waals surface area contributed by atoms with Crippen LogP contribution >= 0.6 is 0 Å². The molecular formula is C61H58N3O3+. The van der Waals surface area contributed by atoms with Crippen LogP contribution in [-0.4, -0.2) is 8.97 Å². The number of pyridine rings is 2. The third-order valence-corrected chi connectivity index (χ3v) is 14.5. The van der Waals surface area contributed by atoms with Gasteiger partial charge in [-0.2, -0.15) is 4.57 Å². The zero-order valence-electron chi connectivity index (χ0n) is 40.8. The topological polar surface area (TPSA) is 60.5 Å². The third kappa shape index (κ3) is 6.32. The Morgan fingerprint density at radius 2 is 1.10 bits per heavy atom. The highest BCUT2D eigenvalue weighted by Crippen LogP contribution is 2.43. The second kappa shape index (κ2) is 14.7. The average molecular weight is 881 g/mol. The Kier molecular flexibility index (Phi) is 9.36. The molecule has 0 bridgehead atoms. The fourth-order valence-electron chi connectivity index (χ4n) is 10.8. The molecule has 6 nitrogen and oxygen atoms in total. The number of hydrogen-bond donors (Lipinski definition) is 0. The van der Waals surface area contributed by atoms with Gasteiger partial charge in [-0.25, -0.2) is 4.57 Å². The van der Waals surface area contributed by atoms with Crippen LogP contribution in [0.2, 0.25) is 0 Å². The summed E-state index contributed by atoms with van der Waals surface area (Å²) in [7, 11) is 2.16. The van der Waals surface area contributed by atoms with Crippen molar-refractivity contribution in [2.24, 2.45) is 7.05 Å². The lowest BCUT2D eigenvalue weighted by atomic mass is 9.85. The lowest BCUT2D eigenvalue weighted by Crippen LogP contribution is -2.30. The van der Waals surface area contributed by atoms with Gasteiger partial charge in [-0.3, -0.25) is 9.59 Å². The van der Waals surface area contributed by atoms with Crippen molar-refractivity contribution in [2.45, 2.75) is 98.8 Å². The molecule has 0 aliphatic rings. The van der Waals surface area contributed by atoms with Crippen LogP contribution in [0.1, 0.15) is 109 Å². The number of nitrogens with zero attached hydrogens (tertiary/aromatic N) is 3. The van der Waals surface area contributed by atoms with Crippen molar-refractivity contribution in [1.82, 2.24) is 8.97 Å². The summed E-state index contributed by atoms with van der Waals surface area (Å²) in [5.41, 5.74) is 15.5. The smallest absolute Gasteiger partial charge is 0.299 e. The zero-order chi connectivity index (χ0) is 47.2. The van der Waals surface area contributed by atoms with E-state index >= 15 is 0 Å².